The third kappa shape index (κ3) is 4.98. The van der Waals surface area contributed by atoms with Crippen molar-refractivity contribution in [1.29, 1.82) is 0 Å². The minimum atomic E-state index is -0.415. The molecule has 2 rings (SSSR count). The average Bonchev–Trinajstić information content (AvgIpc) is 3.33. The molecule has 24 heavy (non-hydrogen) atoms. The smallest absolute Gasteiger partial charge is 0.228 e. The van der Waals surface area contributed by atoms with Gasteiger partial charge in [0.2, 0.25) is 12.3 Å². The molecule has 0 aromatic heterocycles. The molecule has 132 valence electrons. The van der Waals surface area contributed by atoms with E-state index >= 15 is 0 Å². The molecule has 6 heteroatoms. The molecule has 0 aliphatic heterocycles. The Morgan fingerprint density at radius 3 is 2.54 bits per heavy atom. The molecule has 1 aromatic carbocycles. The van der Waals surface area contributed by atoms with Crippen molar-refractivity contribution in [3.8, 4) is 0 Å². The monoisotopic (exact) mass is 349 g/mol. The molecule has 1 aliphatic carbocycles. The Balaban J connectivity index is 1.95. The van der Waals surface area contributed by atoms with Gasteiger partial charge in [-0.3, -0.25) is 9.59 Å². The molecule has 1 saturated carbocycles. The molecule has 5 nitrogen and oxygen atoms in total. The van der Waals surface area contributed by atoms with Gasteiger partial charge in [-0.25, -0.2) is 4.31 Å². The zero-order valence-electron chi connectivity index (χ0n) is 14.5. The van der Waals surface area contributed by atoms with Crippen molar-refractivity contribution in [2.75, 3.05) is 19.6 Å². The summed E-state index contributed by atoms with van der Waals surface area (Å²) >= 11 is 1.72. The highest BCUT2D eigenvalue weighted by Gasteiger charge is 2.49. The van der Waals surface area contributed by atoms with Crippen LogP contribution in [0.3, 0.4) is 0 Å². The van der Waals surface area contributed by atoms with Gasteiger partial charge in [0, 0.05) is 24.5 Å². The summed E-state index contributed by atoms with van der Waals surface area (Å²) in [7, 11) is 0. The quantitative estimate of drug-likeness (QED) is 0.365. The molecule has 1 aromatic rings. The number of nitrogens with two attached hydrogens (primary N) is 1. The molecule has 0 unspecified atom stereocenters. The number of amides is 2. The summed E-state index contributed by atoms with van der Waals surface area (Å²) in [6, 6.07) is 8.20. The Hall–Kier alpha value is -1.53. The molecule has 0 atom stereocenters. The Morgan fingerprint density at radius 1 is 1.38 bits per heavy atom. The number of hydrogen-bond donors (Lipinski definition) is 2. The Labute approximate surface area is 148 Å². The molecule has 0 heterocycles. The first-order valence-electron chi connectivity index (χ1n) is 8.48. The molecule has 2 amide bonds. The van der Waals surface area contributed by atoms with Crippen LogP contribution in [0.15, 0.2) is 29.2 Å². The van der Waals surface area contributed by atoms with Crippen molar-refractivity contribution in [3.63, 3.8) is 0 Å². The first kappa shape index (κ1) is 18.8. The lowest BCUT2D eigenvalue weighted by atomic mass is 9.95. The lowest BCUT2D eigenvalue weighted by Gasteiger charge is -2.23. The van der Waals surface area contributed by atoms with Gasteiger partial charge in [0.25, 0.3) is 0 Å². The van der Waals surface area contributed by atoms with Crippen molar-refractivity contribution in [2.24, 2.45) is 11.7 Å². The minimum absolute atomic E-state index is 0.216. The van der Waals surface area contributed by atoms with Crippen LogP contribution in [0.2, 0.25) is 0 Å². The van der Waals surface area contributed by atoms with Crippen LogP contribution in [0.1, 0.15) is 38.7 Å². The standard InChI is InChI=1S/C18H27N3O2S/c1-14(2)12-21(11-3-10-20-13-22)24-16-6-4-15(5-7-16)18(8-9-18)17(19)23/h4-7,13-14H,3,8-12H2,1-2H3,(H2,19,23)(H,20,22). The second-order valence-corrected chi connectivity index (χ2v) is 7.94. The summed E-state index contributed by atoms with van der Waals surface area (Å²) in [5.41, 5.74) is 6.15. The zero-order valence-corrected chi connectivity index (χ0v) is 15.3. The van der Waals surface area contributed by atoms with Gasteiger partial charge in [0.1, 0.15) is 0 Å². The Kier molecular flexibility index (Phi) is 6.69. The van der Waals surface area contributed by atoms with E-state index in [1.165, 1.54) is 0 Å². The van der Waals surface area contributed by atoms with E-state index in [9.17, 15) is 9.59 Å². The SMILES string of the molecule is CC(C)CN(CCCNC=O)Sc1ccc(C2(C(N)=O)CC2)cc1. The summed E-state index contributed by atoms with van der Waals surface area (Å²) < 4.78 is 2.33. The van der Waals surface area contributed by atoms with Crippen LogP contribution in [0, 0.1) is 5.92 Å². The van der Waals surface area contributed by atoms with E-state index in [0.717, 1.165) is 49.2 Å². The molecular weight excluding hydrogens is 322 g/mol. The zero-order chi connectivity index (χ0) is 17.6. The fraction of sp³-hybridized carbons (Fsp3) is 0.556. The summed E-state index contributed by atoms with van der Waals surface area (Å²) in [6.07, 6.45) is 3.38. The fourth-order valence-corrected chi connectivity index (χ4v) is 3.93. The van der Waals surface area contributed by atoms with Crippen LogP contribution in [-0.4, -0.2) is 36.3 Å². The van der Waals surface area contributed by atoms with Crippen molar-refractivity contribution < 1.29 is 9.59 Å². The van der Waals surface area contributed by atoms with E-state index in [1.54, 1.807) is 11.9 Å². The number of carbonyl (C=O) groups is 2. The predicted octanol–water partition coefficient (Wildman–Crippen LogP) is 2.30. The van der Waals surface area contributed by atoms with E-state index < -0.39 is 5.41 Å². The largest absolute Gasteiger partial charge is 0.369 e. The van der Waals surface area contributed by atoms with Gasteiger partial charge in [-0.2, -0.15) is 0 Å². The number of benzene rings is 1. The molecule has 1 fully saturated rings. The van der Waals surface area contributed by atoms with Gasteiger partial charge in [-0.15, -0.1) is 0 Å². The lowest BCUT2D eigenvalue weighted by Crippen LogP contribution is -2.28. The van der Waals surface area contributed by atoms with E-state index in [-0.39, 0.29) is 5.91 Å². The Bertz CT molecular complexity index is 556. The molecule has 3 N–H and O–H groups in total. The topological polar surface area (TPSA) is 75.4 Å². The van der Waals surface area contributed by atoms with Gasteiger partial charge in [0.05, 0.1) is 5.41 Å². The van der Waals surface area contributed by atoms with Gasteiger partial charge in [-0.1, -0.05) is 26.0 Å². The van der Waals surface area contributed by atoms with Gasteiger partial charge >= 0.3 is 0 Å². The van der Waals surface area contributed by atoms with E-state index in [0.29, 0.717) is 12.5 Å². The van der Waals surface area contributed by atoms with Crippen molar-refractivity contribution >= 4 is 24.3 Å². The van der Waals surface area contributed by atoms with Gasteiger partial charge in [0.15, 0.2) is 0 Å². The van der Waals surface area contributed by atoms with Crippen LogP contribution in [0.4, 0.5) is 0 Å². The number of primary amides is 1. The van der Waals surface area contributed by atoms with Gasteiger partial charge in [-0.05, 0) is 54.8 Å². The number of nitrogens with zero attached hydrogens (tertiary/aromatic N) is 1. The highest BCUT2D eigenvalue weighted by molar-refractivity contribution is 7.97. The third-order valence-corrected chi connectivity index (χ3v) is 5.32. The molecule has 0 spiro atoms. The molecule has 1 aliphatic rings. The number of nitrogens with one attached hydrogen (secondary N) is 1. The van der Waals surface area contributed by atoms with Crippen molar-refractivity contribution in [2.45, 2.75) is 43.4 Å². The maximum Gasteiger partial charge on any atom is 0.228 e. The highest BCUT2D eigenvalue weighted by Crippen LogP contribution is 2.48. The van der Waals surface area contributed by atoms with Crippen LogP contribution < -0.4 is 11.1 Å². The minimum Gasteiger partial charge on any atom is -0.369 e. The second kappa shape index (κ2) is 8.53. The maximum atomic E-state index is 11.6. The van der Waals surface area contributed by atoms with Crippen molar-refractivity contribution in [1.82, 2.24) is 9.62 Å². The fourth-order valence-electron chi connectivity index (χ4n) is 2.78. The van der Waals surface area contributed by atoms with Gasteiger partial charge < -0.3 is 11.1 Å². The molecule has 0 bridgehead atoms. The number of rotatable bonds is 11. The summed E-state index contributed by atoms with van der Waals surface area (Å²) in [5.74, 6) is 0.354. The van der Waals surface area contributed by atoms with Crippen LogP contribution in [-0.2, 0) is 15.0 Å². The first-order chi connectivity index (χ1) is 11.5. The Morgan fingerprint density at radius 2 is 2.04 bits per heavy atom. The van der Waals surface area contributed by atoms with E-state index in [1.807, 2.05) is 12.1 Å². The first-order valence-corrected chi connectivity index (χ1v) is 9.25. The average molecular weight is 350 g/mol. The summed E-state index contributed by atoms with van der Waals surface area (Å²) in [5, 5.41) is 2.70. The van der Waals surface area contributed by atoms with Crippen LogP contribution >= 0.6 is 11.9 Å². The lowest BCUT2D eigenvalue weighted by molar-refractivity contribution is -0.120. The maximum absolute atomic E-state index is 11.6. The summed E-state index contributed by atoms with van der Waals surface area (Å²) in [4.78, 5) is 23.1. The van der Waals surface area contributed by atoms with E-state index in [2.05, 4.69) is 35.6 Å². The highest BCUT2D eigenvalue weighted by atomic mass is 32.2. The molecule has 0 saturated heterocycles. The third-order valence-electron chi connectivity index (χ3n) is 4.24. The van der Waals surface area contributed by atoms with Crippen LogP contribution in [0.5, 0.6) is 0 Å². The van der Waals surface area contributed by atoms with Crippen molar-refractivity contribution in [3.05, 3.63) is 29.8 Å². The van der Waals surface area contributed by atoms with Crippen LogP contribution in [0.25, 0.3) is 0 Å². The van der Waals surface area contributed by atoms with E-state index in [4.69, 9.17) is 5.73 Å². The number of carbonyl (C=O) groups excluding carboxylic acids is 2. The number of hydrogen-bond acceptors (Lipinski definition) is 4. The molecule has 0 radical (unpaired) electrons. The normalized spacial score (nSPS) is 15.5. The predicted molar refractivity (Wildman–Crippen MR) is 97.5 cm³/mol. The second-order valence-electron chi connectivity index (χ2n) is 6.77. The summed E-state index contributed by atoms with van der Waals surface area (Å²) in [6.45, 7) is 6.99. The molecular formula is C18H27N3O2S.